The van der Waals surface area contributed by atoms with Gasteiger partial charge in [-0.25, -0.2) is 0 Å². The number of nitrogens with zero attached hydrogens (tertiary/aromatic N) is 1. The molecule has 0 fully saturated rings. The summed E-state index contributed by atoms with van der Waals surface area (Å²) >= 11 is 0. The van der Waals surface area contributed by atoms with Crippen molar-refractivity contribution in [2.75, 3.05) is 6.61 Å². The van der Waals surface area contributed by atoms with Crippen LogP contribution in [0.15, 0.2) is 59.3 Å². The average Bonchev–Trinajstić information content (AvgIpc) is 3.19. The van der Waals surface area contributed by atoms with Crippen LogP contribution in [-0.2, 0) is 29.0 Å². The Balaban J connectivity index is 1.67. The van der Waals surface area contributed by atoms with Gasteiger partial charge < -0.3 is 13.9 Å². The fraction of sp³-hybridized carbons (Fsp3) is 0.286. The number of rotatable bonds is 8. The Morgan fingerprint density at radius 3 is 2.70 bits per heavy atom. The summed E-state index contributed by atoms with van der Waals surface area (Å²) in [7, 11) is 0. The molecule has 5 heteroatoms. The second-order valence-electron chi connectivity index (χ2n) is 8.21. The largest absolute Gasteiger partial charge is 0.489 e. The van der Waals surface area contributed by atoms with E-state index >= 15 is 0 Å². The van der Waals surface area contributed by atoms with Gasteiger partial charge in [0.2, 0.25) is 0 Å². The van der Waals surface area contributed by atoms with Gasteiger partial charge in [0, 0.05) is 28.4 Å². The van der Waals surface area contributed by atoms with Crippen molar-refractivity contribution in [2.45, 2.75) is 47.1 Å². The molecule has 0 amide bonds. The molecule has 0 N–H and O–H groups in total. The summed E-state index contributed by atoms with van der Waals surface area (Å²) in [5, 5.41) is 1.07. The van der Waals surface area contributed by atoms with Gasteiger partial charge in [0.25, 0.3) is 0 Å². The van der Waals surface area contributed by atoms with Gasteiger partial charge in [-0.1, -0.05) is 19.1 Å². The molecule has 0 atom stereocenters. The highest BCUT2D eigenvalue weighted by atomic mass is 16.5. The van der Waals surface area contributed by atoms with Crippen molar-refractivity contribution in [3.8, 4) is 16.9 Å². The predicted octanol–water partition coefficient (Wildman–Crippen LogP) is 6.36. The molecular formula is C28H29NO4. The molecule has 0 unspecified atom stereocenters. The number of aromatic nitrogens is 1. The minimum atomic E-state index is -0.256. The summed E-state index contributed by atoms with van der Waals surface area (Å²) in [4.78, 5) is 16.5. The van der Waals surface area contributed by atoms with Crippen LogP contribution < -0.4 is 4.74 Å². The number of esters is 1. The summed E-state index contributed by atoms with van der Waals surface area (Å²) in [6, 6.07) is 14.2. The molecule has 0 saturated heterocycles. The summed E-state index contributed by atoms with van der Waals surface area (Å²) in [5.41, 5.74) is 7.99. The smallest absolute Gasteiger partial charge is 0.310 e. The molecule has 0 aliphatic heterocycles. The number of hydrogen-bond donors (Lipinski definition) is 0. The van der Waals surface area contributed by atoms with E-state index in [1.54, 1.807) is 6.26 Å². The van der Waals surface area contributed by atoms with Crippen molar-refractivity contribution < 1.29 is 18.7 Å². The Kier molecular flexibility index (Phi) is 6.78. The number of carbonyl (C=O) groups excluding carboxylic acids is 1. The van der Waals surface area contributed by atoms with E-state index in [9.17, 15) is 4.79 Å². The van der Waals surface area contributed by atoms with E-state index in [1.807, 2.05) is 51.2 Å². The topological polar surface area (TPSA) is 61.6 Å². The molecule has 0 radical (unpaired) electrons. The molecular weight excluding hydrogens is 414 g/mol. The number of fused-ring (bicyclic) bond motifs is 1. The van der Waals surface area contributed by atoms with Gasteiger partial charge in [-0.05, 0) is 79.8 Å². The van der Waals surface area contributed by atoms with E-state index in [0.717, 1.165) is 56.5 Å². The molecule has 2 aromatic heterocycles. The highest BCUT2D eigenvalue weighted by Gasteiger charge is 2.15. The molecule has 170 valence electrons. The molecule has 33 heavy (non-hydrogen) atoms. The highest BCUT2D eigenvalue weighted by Crippen LogP contribution is 2.34. The van der Waals surface area contributed by atoms with Gasteiger partial charge in [-0.3, -0.25) is 9.78 Å². The zero-order valence-electron chi connectivity index (χ0n) is 19.6. The number of pyridine rings is 1. The van der Waals surface area contributed by atoms with Gasteiger partial charge >= 0.3 is 5.97 Å². The first-order valence-corrected chi connectivity index (χ1v) is 11.3. The number of carbonyl (C=O) groups is 1. The molecule has 4 aromatic rings. The summed E-state index contributed by atoms with van der Waals surface area (Å²) < 4.78 is 17.3. The molecule has 0 spiro atoms. The second-order valence-corrected chi connectivity index (χ2v) is 8.21. The summed E-state index contributed by atoms with van der Waals surface area (Å²) in [5.74, 6) is 0.444. The fourth-order valence-electron chi connectivity index (χ4n) is 3.93. The molecule has 0 bridgehead atoms. The lowest BCUT2D eigenvalue weighted by molar-refractivity contribution is -0.142. The number of furan rings is 1. The highest BCUT2D eigenvalue weighted by molar-refractivity contribution is 5.95. The van der Waals surface area contributed by atoms with Crippen molar-refractivity contribution in [3.05, 3.63) is 82.9 Å². The standard InChI is InChI=1S/C28H29NO4/c1-5-23-14-21(9-10-29-23)25-13-20(12-24-19(4)16-33-28(24)25)17-32-26-11-18(3)7-8-22(26)15-27(30)31-6-2/h7-14,16H,5-6,15,17H2,1-4H3. The minimum Gasteiger partial charge on any atom is -0.489 e. The maximum Gasteiger partial charge on any atom is 0.310 e. The van der Waals surface area contributed by atoms with E-state index in [0.29, 0.717) is 19.0 Å². The molecule has 5 nitrogen and oxygen atoms in total. The number of benzene rings is 2. The van der Waals surface area contributed by atoms with Crippen molar-refractivity contribution in [2.24, 2.45) is 0 Å². The van der Waals surface area contributed by atoms with Crippen molar-refractivity contribution in [1.82, 2.24) is 4.98 Å². The molecule has 0 saturated carbocycles. The van der Waals surface area contributed by atoms with E-state index in [4.69, 9.17) is 13.9 Å². The number of aryl methyl sites for hydroxylation is 3. The molecule has 0 aliphatic rings. The van der Waals surface area contributed by atoms with Gasteiger partial charge in [0.05, 0.1) is 19.3 Å². The van der Waals surface area contributed by atoms with Crippen molar-refractivity contribution >= 4 is 16.9 Å². The first kappa shape index (κ1) is 22.6. The van der Waals surface area contributed by atoms with Crippen molar-refractivity contribution in [1.29, 1.82) is 0 Å². The van der Waals surface area contributed by atoms with Gasteiger partial charge in [-0.2, -0.15) is 0 Å². The first-order valence-electron chi connectivity index (χ1n) is 11.3. The van der Waals surface area contributed by atoms with Crippen molar-refractivity contribution in [3.63, 3.8) is 0 Å². The van der Waals surface area contributed by atoms with Crippen LogP contribution >= 0.6 is 0 Å². The van der Waals surface area contributed by atoms with E-state index in [1.165, 1.54) is 0 Å². The lowest BCUT2D eigenvalue weighted by Crippen LogP contribution is -2.09. The monoisotopic (exact) mass is 443 g/mol. The zero-order valence-corrected chi connectivity index (χ0v) is 19.6. The average molecular weight is 444 g/mol. The van der Waals surface area contributed by atoms with Crippen LogP contribution in [0, 0.1) is 13.8 Å². The van der Waals surface area contributed by atoms with Crippen LogP contribution in [0.2, 0.25) is 0 Å². The van der Waals surface area contributed by atoms with E-state index in [2.05, 4.69) is 30.1 Å². The number of hydrogen-bond acceptors (Lipinski definition) is 5. The SMILES string of the molecule is CCOC(=O)Cc1ccc(C)cc1OCc1cc(-c2ccnc(CC)c2)c2occ(C)c2c1. The summed E-state index contributed by atoms with van der Waals surface area (Å²) in [6.45, 7) is 8.69. The Morgan fingerprint density at radius 1 is 1.06 bits per heavy atom. The quantitative estimate of drug-likeness (QED) is 0.297. The normalized spacial score (nSPS) is 11.0. The Bertz CT molecular complexity index is 1290. The maximum absolute atomic E-state index is 12.0. The van der Waals surface area contributed by atoms with E-state index in [-0.39, 0.29) is 12.4 Å². The van der Waals surface area contributed by atoms with Gasteiger partial charge in [0.15, 0.2) is 0 Å². The number of ether oxygens (including phenoxy) is 2. The fourth-order valence-corrected chi connectivity index (χ4v) is 3.93. The molecule has 4 rings (SSSR count). The van der Waals surface area contributed by atoms with Crippen LogP contribution in [0.25, 0.3) is 22.1 Å². The first-order chi connectivity index (χ1) is 16.0. The van der Waals surface area contributed by atoms with Crippen LogP contribution in [0.4, 0.5) is 0 Å². The molecule has 2 aromatic carbocycles. The third kappa shape index (κ3) is 5.08. The lowest BCUT2D eigenvalue weighted by atomic mass is 9.99. The van der Waals surface area contributed by atoms with Crippen LogP contribution in [-0.4, -0.2) is 17.6 Å². The Morgan fingerprint density at radius 2 is 1.91 bits per heavy atom. The zero-order chi connectivity index (χ0) is 23.4. The summed E-state index contributed by atoms with van der Waals surface area (Å²) in [6.07, 6.45) is 4.69. The third-order valence-electron chi connectivity index (χ3n) is 5.67. The second kappa shape index (κ2) is 9.90. The van der Waals surface area contributed by atoms with Crippen LogP contribution in [0.3, 0.4) is 0 Å². The van der Waals surface area contributed by atoms with Gasteiger partial charge in [-0.15, -0.1) is 0 Å². The Hall–Kier alpha value is -3.60. The lowest BCUT2D eigenvalue weighted by Gasteiger charge is -2.14. The predicted molar refractivity (Wildman–Crippen MR) is 129 cm³/mol. The van der Waals surface area contributed by atoms with Crippen LogP contribution in [0.5, 0.6) is 5.75 Å². The minimum absolute atomic E-state index is 0.186. The van der Waals surface area contributed by atoms with E-state index < -0.39 is 0 Å². The maximum atomic E-state index is 12.0. The van der Waals surface area contributed by atoms with Crippen LogP contribution in [0.1, 0.15) is 41.8 Å². The third-order valence-corrected chi connectivity index (χ3v) is 5.67. The Labute approximate surface area is 194 Å². The molecule has 0 aliphatic carbocycles. The molecule has 2 heterocycles. The van der Waals surface area contributed by atoms with Gasteiger partial charge in [0.1, 0.15) is 17.9 Å².